The number of nitrogens with one attached hydrogen (secondary N) is 1. The zero-order chi connectivity index (χ0) is 24.9. The van der Waals surface area contributed by atoms with E-state index < -0.39 is 6.09 Å². The number of carboxylic acid groups (broad SMARTS) is 1. The Kier molecular flexibility index (Phi) is 7.50. The summed E-state index contributed by atoms with van der Waals surface area (Å²) < 4.78 is 1.86. The number of hydrogen-bond donors (Lipinski definition) is 3. The van der Waals surface area contributed by atoms with Crippen LogP contribution in [0.2, 0.25) is 5.02 Å². The van der Waals surface area contributed by atoms with Gasteiger partial charge in [0.2, 0.25) is 11.9 Å². The Morgan fingerprint density at radius 1 is 1.23 bits per heavy atom. The lowest BCUT2D eigenvalue weighted by molar-refractivity contribution is -0.119. The average molecular weight is 498 g/mol. The van der Waals surface area contributed by atoms with Gasteiger partial charge in [0.25, 0.3) is 0 Å². The van der Waals surface area contributed by atoms with Gasteiger partial charge in [-0.1, -0.05) is 35.9 Å². The Labute approximate surface area is 208 Å². The van der Waals surface area contributed by atoms with Gasteiger partial charge in [0, 0.05) is 19.3 Å². The Morgan fingerprint density at radius 2 is 1.97 bits per heavy atom. The molecule has 3 heterocycles. The van der Waals surface area contributed by atoms with Crippen LogP contribution in [0.15, 0.2) is 42.9 Å². The molecule has 1 aliphatic rings. The second-order valence-electron chi connectivity index (χ2n) is 8.65. The van der Waals surface area contributed by atoms with Crippen LogP contribution in [0.4, 0.5) is 16.4 Å². The Bertz CT molecular complexity index is 1210. The largest absolute Gasteiger partial charge is 0.465 e. The molecule has 0 spiro atoms. The lowest BCUT2D eigenvalue weighted by Crippen LogP contribution is -2.38. The number of rotatable bonds is 8. The van der Waals surface area contributed by atoms with Gasteiger partial charge < -0.3 is 21.1 Å². The van der Waals surface area contributed by atoms with E-state index in [0.29, 0.717) is 55.4 Å². The quantitative estimate of drug-likeness (QED) is 0.430. The zero-order valence-electron chi connectivity index (χ0n) is 19.4. The third-order valence-electron chi connectivity index (χ3n) is 6.36. The van der Waals surface area contributed by atoms with Gasteiger partial charge in [0.05, 0.1) is 40.8 Å². The summed E-state index contributed by atoms with van der Waals surface area (Å²) in [7, 11) is 0. The molecule has 1 atom stereocenters. The summed E-state index contributed by atoms with van der Waals surface area (Å²) in [5.74, 6) is -0.336. The van der Waals surface area contributed by atoms with E-state index >= 15 is 0 Å². The van der Waals surface area contributed by atoms with Crippen molar-refractivity contribution in [3.05, 3.63) is 64.7 Å². The number of nitrogens with two attached hydrogens (primary N) is 1. The molecule has 10 nitrogen and oxygen atoms in total. The van der Waals surface area contributed by atoms with Crippen LogP contribution in [0, 0.1) is 0 Å². The maximum atomic E-state index is 11.7. The molecule has 0 bridgehead atoms. The summed E-state index contributed by atoms with van der Waals surface area (Å²) in [6.45, 7) is 2.79. The number of anilines is 2. The number of carbonyl (C=O) groups excluding carboxylic acids is 1. The molecule has 2 amide bonds. The van der Waals surface area contributed by atoms with Gasteiger partial charge in [-0.25, -0.2) is 14.8 Å². The maximum absolute atomic E-state index is 11.7. The molecule has 1 unspecified atom stereocenters. The highest BCUT2D eigenvalue weighted by Gasteiger charge is 2.24. The summed E-state index contributed by atoms with van der Waals surface area (Å²) in [6.07, 6.45) is 6.90. The third kappa shape index (κ3) is 5.89. The van der Waals surface area contributed by atoms with Crippen LogP contribution in [0.25, 0.3) is 0 Å². The lowest BCUT2D eigenvalue weighted by Gasteiger charge is -2.29. The molecule has 1 aromatic carbocycles. The molecule has 35 heavy (non-hydrogen) atoms. The zero-order valence-corrected chi connectivity index (χ0v) is 20.1. The number of aryl methyl sites for hydroxylation is 2. The van der Waals surface area contributed by atoms with Crippen LogP contribution in [0.3, 0.4) is 0 Å². The summed E-state index contributed by atoms with van der Waals surface area (Å²) in [5, 5.41) is 17.2. The molecule has 4 N–H and O–H groups in total. The number of nitrogens with zero attached hydrogens (tertiary/aromatic N) is 5. The van der Waals surface area contributed by atoms with Crippen molar-refractivity contribution in [2.45, 2.75) is 44.6 Å². The average Bonchev–Trinajstić information content (AvgIpc) is 3.32. The first kappa shape index (κ1) is 24.5. The fourth-order valence-corrected chi connectivity index (χ4v) is 4.47. The number of carbonyl (C=O) groups is 2. The Hall–Kier alpha value is -3.66. The Morgan fingerprint density at radius 3 is 2.69 bits per heavy atom. The number of benzene rings is 1. The van der Waals surface area contributed by atoms with E-state index in [4.69, 9.17) is 22.4 Å². The molecule has 1 fully saturated rings. The molecule has 0 aliphatic carbocycles. The summed E-state index contributed by atoms with van der Waals surface area (Å²) >= 11 is 6.37. The van der Waals surface area contributed by atoms with Crippen molar-refractivity contribution in [3.8, 4) is 0 Å². The van der Waals surface area contributed by atoms with Crippen LogP contribution in [0.5, 0.6) is 0 Å². The van der Waals surface area contributed by atoms with Gasteiger partial charge in [-0.15, -0.1) is 0 Å². The van der Waals surface area contributed by atoms with Gasteiger partial charge in [0.1, 0.15) is 0 Å². The number of hydrogen-bond acceptors (Lipinski definition) is 6. The molecule has 4 rings (SSSR count). The predicted octanol–water partition coefficient (Wildman–Crippen LogP) is 3.76. The topological polar surface area (TPSA) is 139 Å². The maximum Gasteiger partial charge on any atom is 0.407 e. The molecular formula is C24H28ClN7O3. The number of halogens is 1. The standard InChI is InChI=1S/C24H28ClN7O3/c1-15(22(26)33)19-5-3-2-4-16(19)6-7-21-20(25)13-27-23(30-21)29-17-12-28-32(14-17)18-8-10-31(11-9-18)24(34)35/h2-5,12-15,18H,6-11H2,1H3,(H2,26,33)(H,34,35)(H,27,29,30). The van der Waals surface area contributed by atoms with E-state index in [0.717, 1.165) is 16.8 Å². The van der Waals surface area contributed by atoms with Gasteiger partial charge in [-0.3, -0.25) is 9.48 Å². The molecule has 184 valence electrons. The highest BCUT2D eigenvalue weighted by atomic mass is 35.5. The molecule has 1 aliphatic heterocycles. The SMILES string of the molecule is CC(C(N)=O)c1ccccc1CCc1nc(Nc2cnn(C3CCN(C(=O)O)CC3)c2)ncc1Cl. The second kappa shape index (κ2) is 10.7. The summed E-state index contributed by atoms with van der Waals surface area (Å²) in [4.78, 5) is 33.1. The summed E-state index contributed by atoms with van der Waals surface area (Å²) in [6, 6.07) is 7.88. The third-order valence-corrected chi connectivity index (χ3v) is 6.68. The number of piperidine rings is 1. The van der Waals surface area contributed by atoms with E-state index in [1.165, 1.54) is 4.90 Å². The molecule has 3 aromatic rings. The first-order chi connectivity index (χ1) is 16.8. The van der Waals surface area contributed by atoms with E-state index in [-0.39, 0.29) is 17.9 Å². The number of amides is 2. The highest BCUT2D eigenvalue weighted by Crippen LogP contribution is 2.25. The van der Waals surface area contributed by atoms with Crippen molar-refractivity contribution in [2.75, 3.05) is 18.4 Å². The minimum atomic E-state index is -0.882. The van der Waals surface area contributed by atoms with Crippen LogP contribution in [-0.2, 0) is 17.6 Å². The van der Waals surface area contributed by atoms with Crippen LogP contribution >= 0.6 is 11.6 Å². The minimum Gasteiger partial charge on any atom is -0.465 e. The van der Waals surface area contributed by atoms with E-state index in [9.17, 15) is 9.59 Å². The van der Waals surface area contributed by atoms with Gasteiger partial charge in [-0.05, 0) is 43.7 Å². The lowest BCUT2D eigenvalue weighted by atomic mass is 9.92. The van der Waals surface area contributed by atoms with E-state index in [2.05, 4.69) is 20.4 Å². The van der Waals surface area contributed by atoms with Crippen molar-refractivity contribution in [1.82, 2.24) is 24.6 Å². The molecule has 0 radical (unpaired) electrons. The smallest absolute Gasteiger partial charge is 0.407 e. The molecule has 1 saturated heterocycles. The first-order valence-electron chi connectivity index (χ1n) is 11.5. The first-order valence-corrected chi connectivity index (χ1v) is 11.9. The van der Waals surface area contributed by atoms with Crippen molar-refractivity contribution < 1.29 is 14.7 Å². The number of primary amides is 1. The van der Waals surface area contributed by atoms with Crippen molar-refractivity contribution in [1.29, 1.82) is 0 Å². The highest BCUT2D eigenvalue weighted by molar-refractivity contribution is 6.31. The van der Waals surface area contributed by atoms with E-state index in [1.54, 1.807) is 19.3 Å². The normalized spacial score (nSPS) is 15.1. The van der Waals surface area contributed by atoms with Crippen LogP contribution in [-0.4, -0.2) is 54.8 Å². The van der Waals surface area contributed by atoms with E-state index in [1.807, 2.05) is 35.1 Å². The predicted molar refractivity (Wildman–Crippen MR) is 132 cm³/mol. The molecular weight excluding hydrogens is 470 g/mol. The minimum absolute atomic E-state index is 0.144. The fraction of sp³-hybridized carbons (Fsp3) is 0.375. The van der Waals surface area contributed by atoms with Gasteiger partial charge in [0.15, 0.2) is 0 Å². The molecule has 11 heteroatoms. The second-order valence-corrected chi connectivity index (χ2v) is 9.05. The van der Waals surface area contributed by atoms with Crippen LogP contribution in [0.1, 0.15) is 48.5 Å². The summed E-state index contributed by atoms with van der Waals surface area (Å²) in [5.41, 5.74) is 8.87. The van der Waals surface area contributed by atoms with Crippen molar-refractivity contribution >= 4 is 35.2 Å². The fourth-order valence-electron chi connectivity index (χ4n) is 4.28. The monoisotopic (exact) mass is 497 g/mol. The van der Waals surface area contributed by atoms with Crippen molar-refractivity contribution in [2.24, 2.45) is 5.73 Å². The van der Waals surface area contributed by atoms with Gasteiger partial charge in [-0.2, -0.15) is 5.10 Å². The Balaban J connectivity index is 1.41. The molecule has 0 saturated carbocycles. The van der Waals surface area contributed by atoms with Gasteiger partial charge >= 0.3 is 6.09 Å². The molecule has 2 aromatic heterocycles. The number of likely N-dealkylation sites (tertiary alicyclic amines) is 1. The number of aromatic nitrogens is 4. The van der Waals surface area contributed by atoms with Crippen molar-refractivity contribution in [3.63, 3.8) is 0 Å². The van der Waals surface area contributed by atoms with Crippen LogP contribution < -0.4 is 11.1 Å².